The van der Waals surface area contributed by atoms with Crippen LogP contribution in [-0.4, -0.2) is 24.3 Å². The van der Waals surface area contributed by atoms with Crippen molar-refractivity contribution in [1.29, 1.82) is 0 Å². The molecular formula is C25H30O4S2. The summed E-state index contributed by atoms with van der Waals surface area (Å²) in [6.45, 7) is 7.88. The fraction of sp³-hybridized carbons (Fsp3) is 0.280. The summed E-state index contributed by atoms with van der Waals surface area (Å²) in [4.78, 5) is 3.90. The van der Waals surface area contributed by atoms with Crippen molar-refractivity contribution in [2.75, 3.05) is 5.75 Å². The largest absolute Gasteiger partial charge is 0.748 e. The van der Waals surface area contributed by atoms with Crippen LogP contribution in [0.15, 0.2) is 99.6 Å². The average molecular weight is 459 g/mol. The number of hydrogen-bond acceptors (Lipinski definition) is 4. The molecule has 0 aliphatic carbocycles. The minimum absolute atomic E-state index is 0.133. The van der Waals surface area contributed by atoms with Crippen LogP contribution in [0.5, 0.6) is 5.75 Å². The zero-order valence-electron chi connectivity index (χ0n) is 18.4. The first-order chi connectivity index (χ1) is 14.6. The maximum absolute atomic E-state index is 9.68. The second kappa shape index (κ2) is 11.4. The Morgan fingerprint density at radius 2 is 1.29 bits per heavy atom. The molecule has 4 nitrogen and oxygen atoms in total. The molecule has 0 aliphatic heterocycles. The van der Waals surface area contributed by atoms with Gasteiger partial charge in [-0.1, -0.05) is 49.4 Å². The highest BCUT2D eigenvalue weighted by molar-refractivity contribution is 7.97. The van der Waals surface area contributed by atoms with Gasteiger partial charge in [-0.05, 0) is 63.6 Å². The highest BCUT2D eigenvalue weighted by Gasteiger charge is 2.29. The van der Waals surface area contributed by atoms with Crippen LogP contribution in [0.1, 0.15) is 34.1 Å². The predicted octanol–water partition coefficient (Wildman–Crippen LogP) is 5.90. The molecule has 0 N–H and O–H groups in total. The molecule has 0 aliphatic rings. The Bertz CT molecular complexity index is 988. The third-order valence-corrected chi connectivity index (χ3v) is 7.00. The van der Waals surface area contributed by atoms with Gasteiger partial charge in [-0.2, -0.15) is 0 Å². The second-order valence-electron chi connectivity index (χ2n) is 7.88. The summed E-state index contributed by atoms with van der Waals surface area (Å²) in [5.74, 6) is 0.678. The Morgan fingerprint density at radius 3 is 1.68 bits per heavy atom. The lowest BCUT2D eigenvalue weighted by Gasteiger charge is -2.21. The van der Waals surface area contributed by atoms with Crippen LogP contribution in [0, 0.1) is 0 Å². The Labute approximate surface area is 189 Å². The van der Waals surface area contributed by atoms with Crippen LogP contribution in [0.2, 0.25) is 0 Å². The Morgan fingerprint density at radius 1 is 0.806 bits per heavy atom. The van der Waals surface area contributed by atoms with Crippen molar-refractivity contribution in [2.24, 2.45) is 0 Å². The van der Waals surface area contributed by atoms with Gasteiger partial charge in [0.05, 0.1) is 21.0 Å². The summed E-state index contributed by atoms with van der Waals surface area (Å²) in [7, 11) is -4.06. The third kappa shape index (κ3) is 9.17. The molecule has 0 saturated carbocycles. The van der Waals surface area contributed by atoms with Crippen LogP contribution in [-0.2, 0) is 21.0 Å². The van der Waals surface area contributed by atoms with Crippen LogP contribution >= 0.6 is 0 Å². The van der Waals surface area contributed by atoms with Crippen molar-refractivity contribution < 1.29 is 17.7 Å². The van der Waals surface area contributed by atoms with E-state index in [0.29, 0.717) is 6.42 Å². The van der Waals surface area contributed by atoms with Crippen LogP contribution in [0.25, 0.3) is 0 Å². The molecule has 0 amide bonds. The third-order valence-electron chi connectivity index (χ3n) is 3.88. The topological polar surface area (TPSA) is 66.4 Å². The maximum atomic E-state index is 9.68. The quantitative estimate of drug-likeness (QED) is 0.341. The number of ether oxygens (including phenoxy) is 1. The van der Waals surface area contributed by atoms with Crippen LogP contribution in [0.4, 0.5) is 0 Å². The van der Waals surface area contributed by atoms with E-state index in [1.54, 1.807) is 6.92 Å². The minimum Gasteiger partial charge on any atom is -0.748 e. The minimum atomic E-state index is -3.92. The first kappa shape index (κ1) is 25.0. The molecule has 0 fully saturated rings. The summed E-state index contributed by atoms with van der Waals surface area (Å²) in [6.07, 6.45) is 0.409. The van der Waals surface area contributed by atoms with Gasteiger partial charge in [-0.25, -0.2) is 8.42 Å². The summed E-state index contributed by atoms with van der Waals surface area (Å²) < 4.78 is 35.1. The lowest BCUT2D eigenvalue weighted by Crippen LogP contribution is -2.23. The van der Waals surface area contributed by atoms with E-state index in [9.17, 15) is 13.0 Å². The van der Waals surface area contributed by atoms with E-state index in [0.717, 1.165) is 5.75 Å². The number of hydrogen-bond donors (Lipinski definition) is 0. The SMILES string of the molecule is CC(C)(C)Oc1cccc([S+](c2ccccc2)c2ccccc2)c1.CCCS(=O)(=O)[O-]. The highest BCUT2D eigenvalue weighted by Crippen LogP contribution is 2.33. The van der Waals surface area contributed by atoms with Gasteiger partial charge in [0.25, 0.3) is 0 Å². The first-order valence-corrected chi connectivity index (χ1v) is 13.0. The first-order valence-electron chi connectivity index (χ1n) is 10.2. The van der Waals surface area contributed by atoms with Gasteiger partial charge in [0, 0.05) is 11.8 Å². The maximum Gasteiger partial charge on any atom is 0.170 e. The van der Waals surface area contributed by atoms with Crippen LogP contribution < -0.4 is 4.74 Å². The summed E-state index contributed by atoms with van der Waals surface area (Å²) >= 11 is 0. The van der Waals surface area contributed by atoms with Gasteiger partial charge in [0.15, 0.2) is 14.7 Å². The smallest absolute Gasteiger partial charge is 0.170 e. The number of rotatable bonds is 6. The Balaban J connectivity index is 0.000000423. The lowest BCUT2D eigenvalue weighted by atomic mass is 10.2. The molecule has 3 aromatic carbocycles. The molecule has 31 heavy (non-hydrogen) atoms. The zero-order chi connectivity index (χ0) is 22.9. The van der Waals surface area contributed by atoms with Crippen molar-refractivity contribution in [3.05, 3.63) is 84.9 Å². The standard InChI is InChI=1S/C22H23OS.C3H8O3S/c1-22(2,3)23-18-11-10-16-21(17-18)24(19-12-6-4-7-13-19)20-14-8-5-9-15-20;1-2-3-7(4,5)6/h4-17H,1-3H3;2-3H2,1H3,(H,4,5,6)/q+1;/p-1. The molecule has 0 unspecified atom stereocenters. The molecule has 0 saturated heterocycles. The van der Waals surface area contributed by atoms with E-state index in [1.165, 1.54) is 14.7 Å². The second-order valence-corrected chi connectivity index (χ2v) is 11.4. The molecule has 0 bridgehead atoms. The van der Waals surface area contributed by atoms with Crippen LogP contribution in [0.3, 0.4) is 0 Å². The fourth-order valence-electron chi connectivity index (χ4n) is 2.79. The predicted molar refractivity (Wildman–Crippen MR) is 127 cm³/mol. The van der Waals surface area contributed by atoms with Gasteiger partial charge < -0.3 is 9.29 Å². The average Bonchev–Trinajstić information content (AvgIpc) is 2.68. The molecule has 6 heteroatoms. The van der Waals surface area contributed by atoms with E-state index in [4.69, 9.17) is 4.74 Å². The summed E-state index contributed by atoms with van der Waals surface area (Å²) in [5, 5.41) is 0. The molecule has 0 heterocycles. The summed E-state index contributed by atoms with van der Waals surface area (Å²) in [5.41, 5.74) is -0.198. The normalized spacial score (nSPS) is 11.5. The molecule has 0 spiro atoms. The Hall–Kier alpha value is -2.28. The van der Waals surface area contributed by atoms with Gasteiger partial charge in [0.1, 0.15) is 11.4 Å². The molecule has 0 aromatic heterocycles. The highest BCUT2D eigenvalue weighted by atomic mass is 32.2. The van der Waals surface area contributed by atoms with E-state index in [-0.39, 0.29) is 22.2 Å². The van der Waals surface area contributed by atoms with Gasteiger partial charge >= 0.3 is 0 Å². The van der Waals surface area contributed by atoms with Crippen molar-refractivity contribution in [3.63, 3.8) is 0 Å². The monoisotopic (exact) mass is 458 g/mol. The molecule has 0 atom stereocenters. The van der Waals surface area contributed by atoms with E-state index >= 15 is 0 Å². The fourth-order valence-corrected chi connectivity index (χ4v) is 5.41. The van der Waals surface area contributed by atoms with Gasteiger partial charge in [0.2, 0.25) is 0 Å². The zero-order valence-corrected chi connectivity index (χ0v) is 20.1. The van der Waals surface area contributed by atoms with Gasteiger partial charge in [-0.3, -0.25) is 0 Å². The van der Waals surface area contributed by atoms with Crippen molar-refractivity contribution >= 4 is 21.0 Å². The van der Waals surface area contributed by atoms with Gasteiger partial charge in [-0.15, -0.1) is 0 Å². The summed E-state index contributed by atoms with van der Waals surface area (Å²) in [6, 6.07) is 29.8. The lowest BCUT2D eigenvalue weighted by molar-refractivity contribution is 0.130. The van der Waals surface area contributed by atoms with Crippen molar-refractivity contribution in [3.8, 4) is 5.75 Å². The molecule has 166 valence electrons. The van der Waals surface area contributed by atoms with E-state index in [1.807, 2.05) is 6.07 Å². The Kier molecular flexibility index (Phi) is 9.16. The molecular weight excluding hydrogens is 428 g/mol. The molecule has 0 radical (unpaired) electrons. The van der Waals surface area contributed by atoms with Crippen molar-refractivity contribution in [1.82, 2.24) is 0 Å². The van der Waals surface area contributed by atoms with E-state index < -0.39 is 10.1 Å². The van der Waals surface area contributed by atoms with E-state index in [2.05, 4.69) is 99.6 Å². The van der Waals surface area contributed by atoms with Crippen molar-refractivity contribution in [2.45, 2.75) is 54.4 Å². The number of benzene rings is 3. The molecule has 3 aromatic rings. The molecule has 3 rings (SSSR count).